The summed E-state index contributed by atoms with van der Waals surface area (Å²) in [5.74, 6) is -0.643. The number of phenolic OH excluding ortho intramolecular Hbond substituents is 1. The first-order valence-electron chi connectivity index (χ1n) is 12.9. The number of hydrogen-bond acceptors (Lipinski definition) is 4. The summed E-state index contributed by atoms with van der Waals surface area (Å²) < 4.78 is 0. The average Bonchev–Trinajstić information content (AvgIpc) is 2.89. The third-order valence-electron chi connectivity index (χ3n) is 7.65. The van der Waals surface area contributed by atoms with Gasteiger partial charge in [0.2, 0.25) is 5.91 Å². The van der Waals surface area contributed by atoms with Crippen LogP contribution >= 0.6 is 11.6 Å². The highest BCUT2D eigenvalue weighted by Gasteiger charge is 2.50. The van der Waals surface area contributed by atoms with Crippen molar-refractivity contribution in [3.8, 4) is 16.9 Å². The zero-order valence-corrected chi connectivity index (χ0v) is 23.0. The highest BCUT2D eigenvalue weighted by atomic mass is 35.5. The van der Waals surface area contributed by atoms with E-state index in [1.807, 2.05) is 70.2 Å². The Morgan fingerprint density at radius 2 is 1.66 bits per heavy atom. The van der Waals surface area contributed by atoms with Crippen LogP contribution in [0.15, 0.2) is 72.8 Å². The number of nitrogens with zero attached hydrogens (tertiary/aromatic N) is 1. The monoisotopic (exact) mass is 534 g/mol. The molecule has 1 saturated heterocycles. The Labute approximate surface area is 229 Å². The fourth-order valence-electron chi connectivity index (χ4n) is 5.23. The molecule has 7 heteroatoms. The van der Waals surface area contributed by atoms with Crippen LogP contribution < -0.4 is 5.32 Å². The number of nitrogens with one attached hydrogen (secondary N) is 1. The maximum atomic E-state index is 13.7. The molecule has 0 radical (unpaired) electrons. The zero-order chi connectivity index (χ0) is 27.7. The number of piperidine rings is 1. The number of rotatable bonds is 6. The fourth-order valence-corrected chi connectivity index (χ4v) is 5.36. The summed E-state index contributed by atoms with van der Waals surface area (Å²) in [6, 6.07) is 20.5. The van der Waals surface area contributed by atoms with Crippen LogP contribution in [0.4, 0.5) is 0 Å². The van der Waals surface area contributed by atoms with E-state index in [0.717, 1.165) is 11.1 Å². The lowest BCUT2D eigenvalue weighted by Gasteiger charge is -2.51. The first-order chi connectivity index (χ1) is 17.9. The van der Waals surface area contributed by atoms with E-state index in [-0.39, 0.29) is 23.5 Å². The Kier molecular flexibility index (Phi) is 7.86. The maximum absolute atomic E-state index is 13.7. The number of aliphatic hydroxyl groups is 1. The van der Waals surface area contributed by atoms with Crippen molar-refractivity contribution < 1.29 is 19.8 Å². The van der Waals surface area contributed by atoms with Gasteiger partial charge in [-0.3, -0.25) is 9.59 Å². The Morgan fingerprint density at radius 1 is 1.00 bits per heavy atom. The molecule has 0 aliphatic carbocycles. The molecule has 1 aliphatic heterocycles. The van der Waals surface area contributed by atoms with Crippen molar-refractivity contribution in [2.75, 3.05) is 13.1 Å². The van der Waals surface area contributed by atoms with Crippen molar-refractivity contribution in [1.29, 1.82) is 0 Å². The van der Waals surface area contributed by atoms with Crippen LogP contribution in [-0.4, -0.2) is 46.1 Å². The summed E-state index contributed by atoms with van der Waals surface area (Å²) >= 11 is 6.05. The SMILES string of the molecule is CC(C)[C@@H](NC(=O)c1ccc(O)c(-c2ccccc2)c1)C(=O)N1CC[C@](O)(c2ccc(Cl)cc2)C(C)(C)C1. The third-order valence-corrected chi connectivity index (χ3v) is 7.90. The number of aromatic hydroxyl groups is 1. The van der Waals surface area contributed by atoms with Gasteiger partial charge in [0.05, 0.1) is 5.60 Å². The number of hydrogen-bond donors (Lipinski definition) is 3. The summed E-state index contributed by atoms with van der Waals surface area (Å²) in [4.78, 5) is 28.7. The molecule has 6 nitrogen and oxygen atoms in total. The molecular formula is C31H35ClN2O4. The first kappa shape index (κ1) is 27.7. The number of carbonyl (C=O) groups excluding carboxylic acids is 2. The lowest BCUT2D eigenvalue weighted by Crippen LogP contribution is -2.60. The third kappa shape index (κ3) is 5.42. The van der Waals surface area contributed by atoms with Gasteiger partial charge in [-0.2, -0.15) is 0 Å². The second-order valence-corrected chi connectivity index (χ2v) is 11.5. The highest BCUT2D eigenvalue weighted by molar-refractivity contribution is 6.30. The number of halogens is 1. The molecule has 4 rings (SSSR count). The van der Waals surface area contributed by atoms with Gasteiger partial charge in [0.25, 0.3) is 5.91 Å². The normalized spacial score (nSPS) is 19.7. The molecule has 0 spiro atoms. The predicted octanol–water partition coefficient (Wildman–Crippen LogP) is 5.61. The maximum Gasteiger partial charge on any atom is 0.251 e. The predicted molar refractivity (Wildman–Crippen MR) is 150 cm³/mol. The molecule has 2 atom stereocenters. The number of benzene rings is 3. The van der Waals surface area contributed by atoms with Crippen LogP contribution in [0.5, 0.6) is 5.75 Å². The molecule has 0 aromatic heterocycles. The van der Waals surface area contributed by atoms with Gasteiger partial charge in [-0.15, -0.1) is 0 Å². The minimum atomic E-state index is -1.12. The van der Waals surface area contributed by atoms with Crippen LogP contribution in [-0.2, 0) is 10.4 Å². The van der Waals surface area contributed by atoms with E-state index in [1.54, 1.807) is 29.2 Å². The summed E-state index contributed by atoms with van der Waals surface area (Å²) in [5, 5.41) is 25.6. The minimum Gasteiger partial charge on any atom is -0.507 e. The van der Waals surface area contributed by atoms with Gasteiger partial charge in [0.1, 0.15) is 11.8 Å². The van der Waals surface area contributed by atoms with E-state index in [1.165, 1.54) is 6.07 Å². The molecule has 200 valence electrons. The second-order valence-electron chi connectivity index (χ2n) is 11.1. The van der Waals surface area contributed by atoms with Gasteiger partial charge in [0, 0.05) is 34.7 Å². The molecule has 0 bridgehead atoms. The molecule has 1 aliphatic rings. The Hall–Kier alpha value is -3.35. The van der Waals surface area contributed by atoms with Crippen LogP contribution in [0.25, 0.3) is 11.1 Å². The quantitative estimate of drug-likeness (QED) is 0.383. The van der Waals surface area contributed by atoms with Crippen molar-refractivity contribution in [3.63, 3.8) is 0 Å². The highest BCUT2D eigenvalue weighted by Crippen LogP contribution is 2.46. The van der Waals surface area contributed by atoms with Crippen LogP contribution in [0.3, 0.4) is 0 Å². The van der Waals surface area contributed by atoms with Crippen molar-refractivity contribution in [3.05, 3.63) is 88.9 Å². The minimum absolute atomic E-state index is 0.0768. The number of amides is 2. The van der Waals surface area contributed by atoms with Crippen molar-refractivity contribution in [1.82, 2.24) is 10.2 Å². The van der Waals surface area contributed by atoms with Gasteiger partial charge in [-0.05, 0) is 53.8 Å². The van der Waals surface area contributed by atoms with Gasteiger partial charge in [0.15, 0.2) is 0 Å². The van der Waals surface area contributed by atoms with Crippen LogP contribution in [0, 0.1) is 11.3 Å². The summed E-state index contributed by atoms with van der Waals surface area (Å²) in [5.41, 5.74) is 0.711. The summed E-state index contributed by atoms with van der Waals surface area (Å²) in [6.45, 7) is 8.39. The number of likely N-dealkylation sites (tertiary alicyclic amines) is 1. The molecule has 0 unspecified atom stereocenters. The van der Waals surface area contributed by atoms with E-state index in [4.69, 9.17) is 11.6 Å². The Morgan fingerprint density at radius 3 is 2.26 bits per heavy atom. The fraction of sp³-hybridized carbons (Fsp3) is 0.355. The van der Waals surface area contributed by atoms with E-state index in [2.05, 4.69) is 5.32 Å². The summed E-state index contributed by atoms with van der Waals surface area (Å²) in [6.07, 6.45) is 0.366. The molecule has 3 aromatic rings. The van der Waals surface area contributed by atoms with Gasteiger partial charge < -0.3 is 20.4 Å². The van der Waals surface area contributed by atoms with Crippen LogP contribution in [0.2, 0.25) is 5.02 Å². The first-order valence-corrected chi connectivity index (χ1v) is 13.3. The zero-order valence-electron chi connectivity index (χ0n) is 22.2. The Balaban J connectivity index is 1.52. The van der Waals surface area contributed by atoms with Gasteiger partial charge in [-0.25, -0.2) is 0 Å². The van der Waals surface area contributed by atoms with E-state index in [0.29, 0.717) is 35.7 Å². The average molecular weight is 535 g/mol. The molecule has 3 aromatic carbocycles. The number of phenols is 1. The van der Waals surface area contributed by atoms with Crippen molar-refractivity contribution in [2.45, 2.75) is 45.8 Å². The smallest absolute Gasteiger partial charge is 0.251 e. The molecule has 2 amide bonds. The topological polar surface area (TPSA) is 89.9 Å². The van der Waals surface area contributed by atoms with Gasteiger partial charge >= 0.3 is 0 Å². The van der Waals surface area contributed by atoms with E-state index >= 15 is 0 Å². The van der Waals surface area contributed by atoms with Gasteiger partial charge in [-0.1, -0.05) is 81.8 Å². The Bertz CT molecular complexity index is 1310. The van der Waals surface area contributed by atoms with Crippen molar-refractivity contribution in [2.24, 2.45) is 11.3 Å². The number of carbonyl (C=O) groups is 2. The molecule has 1 fully saturated rings. The largest absolute Gasteiger partial charge is 0.507 e. The molecule has 1 heterocycles. The van der Waals surface area contributed by atoms with Crippen LogP contribution in [0.1, 0.15) is 50.0 Å². The lowest BCUT2D eigenvalue weighted by atomic mass is 9.66. The standard InChI is InChI=1S/C31H35ClN2O4/c1-20(2)27(33-28(36)22-10-15-26(35)25(18-22)21-8-6-5-7-9-21)29(37)34-17-16-31(38,30(3,4)19-34)23-11-13-24(32)14-12-23/h5-15,18,20,27,35,38H,16-17,19H2,1-4H3,(H,33,36)/t27-,31+/m1/s1. The molecule has 38 heavy (non-hydrogen) atoms. The lowest BCUT2D eigenvalue weighted by molar-refractivity contribution is -0.155. The van der Waals surface area contributed by atoms with Crippen molar-refractivity contribution >= 4 is 23.4 Å². The molecule has 3 N–H and O–H groups in total. The van der Waals surface area contributed by atoms with E-state index in [9.17, 15) is 19.8 Å². The van der Waals surface area contributed by atoms with E-state index < -0.39 is 17.1 Å². The second kappa shape index (κ2) is 10.8. The summed E-state index contributed by atoms with van der Waals surface area (Å²) in [7, 11) is 0. The molecule has 0 saturated carbocycles. The molecular weight excluding hydrogens is 500 g/mol.